The molecule has 1 heterocycles. The van der Waals surface area contributed by atoms with Gasteiger partial charge in [0.1, 0.15) is 11.6 Å². The number of benzene rings is 3. The van der Waals surface area contributed by atoms with E-state index in [-0.39, 0.29) is 28.3 Å². The third kappa shape index (κ3) is 3.83. The molecular formula is C25H22F2N2O3S. The standard InChI is InChI=1S/C25H22F2N2O3S/c1-14-8-17-4-6-21(33(28,31)32)13-24(17)29(14)25(30)19-9-15-2-3-16(10-18(15)11-19)22-12-20(26)5-7-23(22)27/h2-7,10,12-14,19H,8-9,11H2,1H3,(H2,28,31,32)/t14?,19-/m1/s1. The minimum Gasteiger partial charge on any atom is -0.309 e. The van der Waals surface area contributed by atoms with E-state index in [0.29, 0.717) is 30.5 Å². The third-order valence-electron chi connectivity index (χ3n) is 6.57. The number of primary sulfonamides is 1. The molecule has 2 aliphatic rings. The summed E-state index contributed by atoms with van der Waals surface area (Å²) in [6.07, 6.45) is 1.65. The van der Waals surface area contributed by atoms with Crippen LogP contribution in [0.25, 0.3) is 11.1 Å². The van der Waals surface area contributed by atoms with E-state index in [1.54, 1.807) is 17.0 Å². The Morgan fingerprint density at radius 2 is 1.67 bits per heavy atom. The Morgan fingerprint density at radius 1 is 0.939 bits per heavy atom. The van der Waals surface area contributed by atoms with Gasteiger partial charge in [-0.1, -0.05) is 24.3 Å². The summed E-state index contributed by atoms with van der Waals surface area (Å²) in [5.41, 5.74) is 4.17. The second kappa shape index (κ2) is 7.74. The maximum absolute atomic E-state index is 14.2. The lowest BCUT2D eigenvalue weighted by atomic mass is 10.00. The number of sulfonamides is 1. The van der Waals surface area contributed by atoms with Crippen molar-refractivity contribution in [2.45, 2.75) is 37.1 Å². The van der Waals surface area contributed by atoms with E-state index in [1.165, 1.54) is 18.2 Å². The van der Waals surface area contributed by atoms with Crippen molar-refractivity contribution in [3.05, 3.63) is 82.9 Å². The molecule has 0 aromatic heterocycles. The molecule has 5 rings (SSSR count). The Bertz CT molecular complexity index is 1400. The minimum atomic E-state index is -3.89. The predicted octanol–water partition coefficient (Wildman–Crippen LogP) is 3.97. The van der Waals surface area contributed by atoms with Crippen molar-refractivity contribution < 1.29 is 22.0 Å². The Hall–Kier alpha value is -3.10. The van der Waals surface area contributed by atoms with Crippen LogP contribution in [-0.2, 0) is 34.1 Å². The first kappa shape index (κ1) is 21.7. The highest BCUT2D eigenvalue weighted by atomic mass is 32.2. The molecule has 1 amide bonds. The van der Waals surface area contributed by atoms with Crippen LogP contribution in [0.1, 0.15) is 23.6 Å². The van der Waals surface area contributed by atoms with E-state index in [1.807, 2.05) is 19.1 Å². The number of amides is 1. The highest BCUT2D eigenvalue weighted by molar-refractivity contribution is 7.89. The van der Waals surface area contributed by atoms with Crippen LogP contribution < -0.4 is 10.0 Å². The van der Waals surface area contributed by atoms with Gasteiger partial charge in [0.05, 0.1) is 4.90 Å². The molecule has 1 aliphatic carbocycles. The molecule has 3 aromatic rings. The van der Waals surface area contributed by atoms with Crippen LogP contribution >= 0.6 is 0 Å². The number of rotatable bonds is 3. The van der Waals surface area contributed by atoms with Crippen LogP contribution in [-0.4, -0.2) is 20.4 Å². The average molecular weight is 469 g/mol. The van der Waals surface area contributed by atoms with Crippen LogP contribution in [0, 0.1) is 17.6 Å². The van der Waals surface area contributed by atoms with Crippen LogP contribution in [0.5, 0.6) is 0 Å². The van der Waals surface area contributed by atoms with Gasteiger partial charge in [0.15, 0.2) is 0 Å². The number of carbonyl (C=O) groups excluding carboxylic acids is 1. The number of nitrogens with zero attached hydrogens (tertiary/aromatic N) is 1. The number of nitrogens with two attached hydrogens (primary N) is 1. The van der Waals surface area contributed by atoms with E-state index < -0.39 is 21.7 Å². The van der Waals surface area contributed by atoms with Crippen molar-refractivity contribution in [2.24, 2.45) is 11.1 Å². The average Bonchev–Trinajstić information content (AvgIpc) is 3.33. The van der Waals surface area contributed by atoms with Crippen molar-refractivity contribution in [3.8, 4) is 11.1 Å². The van der Waals surface area contributed by atoms with Crippen molar-refractivity contribution in [1.82, 2.24) is 0 Å². The summed E-state index contributed by atoms with van der Waals surface area (Å²) in [5, 5.41) is 5.29. The smallest absolute Gasteiger partial charge is 0.238 e. The van der Waals surface area contributed by atoms with Gasteiger partial charge in [0.2, 0.25) is 15.9 Å². The number of anilines is 1. The lowest BCUT2D eigenvalue weighted by molar-refractivity contribution is -0.122. The van der Waals surface area contributed by atoms with E-state index >= 15 is 0 Å². The van der Waals surface area contributed by atoms with Gasteiger partial charge >= 0.3 is 0 Å². The summed E-state index contributed by atoms with van der Waals surface area (Å²) in [7, 11) is -3.89. The number of hydrogen-bond acceptors (Lipinski definition) is 3. The molecule has 0 saturated heterocycles. The molecule has 33 heavy (non-hydrogen) atoms. The van der Waals surface area contributed by atoms with Crippen LogP contribution in [0.2, 0.25) is 0 Å². The van der Waals surface area contributed by atoms with Gasteiger partial charge < -0.3 is 4.90 Å². The zero-order chi connectivity index (χ0) is 23.5. The Morgan fingerprint density at radius 3 is 2.42 bits per heavy atom. The second-order valence-electron chi connectivity index (χ2n) is 8.81. The third-order valence-corrected chi connectivity index (χ3v) is 7.48. The molecule has 5 nitrogen and oxygen atoms in total. The Labute approximate surface area is 190 Å². The number of hydrogen-bond donors (Lipinski definition) is 1. The Balaban J connectivity index is 1.43. The number of fused-ring (bicyclic) bond motifs is 2. The summed E-state index contributed by atoms with van der Waals surface area (Å²) >= 11 is 0. The highest BCUT2D eigenvalue weighted by Gasteiger charge is 2.38. The SMILES string of the molecule is CC1Cc2ccc(S(N)(=O)=O)cc2N1C(=O)[C@@H]1Cc2ccc(-c3cc(F)ccc3F)cc2C1. The van der Waals surface area contributed by atoms with Crippen molar-refractivity contribution in [3.63, 3.8) is 0 Å². The van der Waals surface area contributed by atoms with Gasteiger partial charge in [-0.15, -0.1) is 0 Å². The van der Waals surface area contributed by atoms with Crippen molar-refractivity contribution in [1.29, 1.82) is 0 Å². The number of carbonyl (C=O) groups is 1. The molecule has 3 aromatic carbocycles. The zero-order valence-electron chi connectivity index (χ0n) is 17.9. The maximum Gasteiger partial charge on any atom is 0.238 e. The fourth-order valence-corrected chi connectivity index (χ4v) is 5.51. The van der Waals surface area contributed by atoms with Gasteiger partial charge in [0, 0.05) is 23.2 Å². The fraction of sp³-hybridized carbons (Fsp3) is 0.240. The summed E-state index contributed by atoms with van der Waals surface area (Å²) in [4.78, 5) is 15.2. The molecule has 1 aliphatic heterocycles. The van der Waals surface area contributed by atoms with Crippen LogP contribution in [0.3, 0.4) is 0 Å². The van der Waals surface area contributed by atoms with Gasteiger partial charge in [-0.05, 0) is 78.8 Å². The summed E-state index contributed by atoms with van der Waals surface area (Å²) < 4.78 is 51.5. The summed E-state index contributed by atoms with van der Waals surface area (Å²) in [5.74, 6) is -1.42. The lowest BCUT2D eigenvalue weighted by Crippen LogP contribution is -2.40. The zero-order valence-corrected chi connectivity index (χ0v) is 18.7. The fourth-order valence-electron chi connectivity index (χ4n) is 4.98. The quantitative estimate of drug-likeness (QED) is 0.632. The molecule has 0 radical (unpaired) electrons. The largest absolute Gasteiger partial charge is 0.309 e. The molecule has 8 heteroatoms. The first-order valence-electron chi connectivity index (χ1n) is 10.7. The van der Waals surface area contributed by atoms with E-state index in [4.69, 9.17) is 5.14 Å². The highest BCUT2D eigenvalue weighted by Crippen LogP contribution is 2.38. The molecule has 2 N–H and O–H groups in total. The first-order valence-corrected chi connectivity index (χ1v) is 12.2. The lowest BCUT2D eigenvalue weighted by Gasteiger charge is -2.26. The topological polar surface area (TPSA) is 80.5 Å². The monoisotopic (exact) mass is 468 g/mol. The molecule has 0 spiro atoms. The molecule has 0 fully saturated rings. The van der Waals surface area contributed by atoms with E-state index in [0.717, 1.165) is 28.8 Å². The first-order chi connectivity index (χ1) is 15.6. The van der Waals surface area contributed by atoms with Gasteiger partial charge in [-0.25, -0.2) is 22.3 Å². The minimum absolute atomic E-state index is 0.0235. The van der Waals surface area contributed by atoms with E-state index in [2.05, 4.69) is 0 Å². The van der Waals surface area contributed by atoms with Crippen LogP contribution in [0.15, 0.2) is 59.5 Å². The van der Waals surface area contributed by atoms with Crippen molar-refractivity contribution >= 4 is 21.6 Å². The molecule has 0 bridgehead atoms. The molecule has 2 atom stereocenters. The second-order valence-corrected chi connectivity index (χ2v) is 10.4. The summed E-state index contributed by atoms with van der Waals surface area (Å²) in [6.45, 7) is 1.93. The molecular weight excluding hydrogens is 446 g/mol. The van der Waals surface area contributed by atoms with E-state index in [9.17, 15) is 22.0 Å². The van der Waals surface area contributed by atoms with Crippen LogP contribution in [0.4, 0.5) is 14.5 Å². The molecule has 1 unspecified atom stereocenters. The summed E-state index contributed by atoms with van der Waals surface area (Å²) in [6, 6.07) is 13.3. The van der Waals surface area contributed by atoms with Gasteiger partial charge in [0.25, 0.3) is 0 Å². The Kier molecular flexibility index (Phi) is 5.10. The normalized spacial score (nSPS) is 19.5. The molecule has 0 saturated carbocycles. The molecule has 170 valence electrons. The maximum atomic E-state index is 14.2. The van der Waals surface area contributed by atoms with Gasteiger partial charge in [-0.2, -0.15) is 0 Å². The van der Waals surface area contributed by atoms with Crippen molar-refractivity contribution in [2.75, 3.05) is 4.90 Å². The van der Waals surface area contributed by atoms with Gasteiger partial charge in [-0.3, -0.25) is 4.79 Å². The predicted molar refractivity (Wildman–Crippen MR) is 121 cm³/mol. The number of halogens is 2.